The number of nitrogens with zero attached hydrogens (tertiary/aromatic N) is 6. The molecule has 17 nitrogen and oxygen atoms in total. The zero-order valence-electron chi connectivity index (χ0n) is 28.6. The van der Waals surface area contributed by atoms with E-state index in [0.29, 0.717) is 45.3 Å². The number of likely N-dealkylation sites (N-methyl/N-ethyl adjacent to an activating group) is 1. The smallest absolute Gasteiger partial charge is 0.335 e. The third-order valence-electron chi connectivity index (χ3n) is 8.32. The normalized spacial score (nSPS) is 13.6. The van der Waals surface area contributed by atoms with Crippen molar-refractivity contribution in [3.8, 4) is 0 Å². The highest BCUT2D eigenvalue weighted by molar-refractivity contribution is 7.89. The van der Waals surface area contributed by atoms with E-state index in [9.17, 15) is 26.4 Å². The van der Waals surface area contributed by atoms with Gasteiger partial charge in [0, 0.05) is 66.3 Å². The van der Waals surface area contributed by atoms with Crippen LogP contribution in [-0.2, 0) is 20.0 Å². The average Bonchev–Trinajstić information content (AvgIpc) is 3.14. The van der Waals surface area contributed by atoms with E-state index in [2.05, 4.69) is 42.5 Å². The number of carboxylic acid groups (broad SMARTS) is 1. The molecule has 2 aromatic heterocycles. The summed E-state index contributed by atoms with van der Waals surface area (Å²) in [5, 5.41) is 26.5. The number of sulfonamides is 2. The molecule has 7 rings (SSSR count). The van der Waals surface area contributed by atoms with E-state index >= 15 is 0 Å². The summed E-state index contributed by atoms with van der Waals surface area (Å²) in [5.41, 5.74) is 3.27. The molecular formula is C35H34N10O7S2. The number of primary sulfonamides is 2. The SMILES string of the molecule is CN1CCN(C(=O)c2ccc3nc(Nc4ccc(S(N)(=O)=O)cc4)ncc3c2)CC1.NS(=O)(=O)c1ccc(Nc2ncc3cc(C(=O)O)ccc3n2)cc1. The summed E-state index contributed by atoms with van der Waals surface area (Å²) < 4.78 is 45.1. The lowest BCUT2D eigenvalue weighted by Crippen LogP contribution is -2.47. The highest BCUT2D eigenvalue weighted by Crippen LogP contribution is 2.22. The third-order valence-corrected chi connectivity index (χ3v) is 10.2. The topological polar surface area (TPSA) is 257 Å². The molecule has 1 fully saturated rings. The monoisotopic (exact) mass is 770 g/mol. The number of amides is 1. The number of carbonyl (C=O) groups is 2. The van der Waals surface area contributed by atoms with Crippen LogP contribution in [0.5, 0.6) is 0 Å². The van der Waals surface area contributed by atoms with Crippen LogP contribution >= 0.6 is 0 Å². The minimum atomic E-state index is -3.74. The maximum atomic E-state index is 12.8. The van der Waals surface area contributed by atoms with Crippen molar-refractivity contribution >= 4 is 77.0 Å². The zero-order valence-corrected chi connectivity index (χ0v) is 30.3. The number of nitrogens with two attached hydrogens (primary N) is 2. The van der Waals surface area contributed by atoms with Gasteiger partial charge in [0.05, 0.1) is 26.4 Å². The van der Waals surface area contributed by atoms with Gasteiger partial charge in [0.25, 0.3) is 5.91 Å². The molecule has 4 aromatic carbocycles. The summed E-state index contributed by atoms with van der Waals surface area (Å²) in [6, 6.07) is 21.8. The van der Waals surface area contributed by atoms with Gasteiger partial charge >= 0.3 is 5.97 Å². The van der Waals surface area contributed by atoms with E-state index in [1.54, 1.807) is 54.7 Å². The van der Waals surface area contributed by atoms with E-state index < -0.39 is 26.0 Å². The number of hydrogen-bond acceptors (Lipinski definition) is 13. The largest absolute Gasteiger partial charge is 0.478 e. The number of carbonyl (C=O) groups excluding carboxylic acids is 1. The van der Waals surface area contributed by atoms with Gasteiger partial charge in [-0.1, -0.05) is 0 Å². The van der Waals surface area contributed by atoms with Crippen molar-refractivity contribution in [2.24, 2.45) is 10.3 Å². The van der Waals surface area contributed by atoms with Crippen molar-refractivity contribution < 1.29 is 31.5 Å². The number of aromatic carboxylic acids is 1. The first-order chi connectivity index (χ1) is 25.6. The van der Waals surface area contributed by atoms with Crippen LogP contribution in [0.1, 0.15) is 20.7 Å². The van der Waals surface area contributed by atoms with Crippen LogP contribution in [0.2, 0.25) is 0 Å². The molecule has 1 aliphatic heterocycles. The first kappa shape index (κ1) is 37.6. The predicted molar refractivity (Wildman–Crippen MR) is 202 cm³/mol. The minimum Gasteiger partial charge on any atom is -0.478 e. The molecule has 6 aromatic rings. The summed E-state index contributed by atoms with van der Waals surface area (Å²) >= 11 is 0. The number of rotatable bonds is 8. The highest BCUT2D eigenvalue weighted by atomic mass is 32.2. The molecule has 54 heavy (non-hydrogen) atoms. The average molecular weight is 771 g/mol. The second-order valence-corrected chi connectivity index (χ2v) is 15.3. The number of aromatic nitrogens is 4. The van der Waals surface area contributed by atoms with Crippen LogP contribution in [0.25, 0.3) is 21.8 Å². The molecule has 0 aliphatic carbocycles. The Kier molecular flexibility index (Phi) is 10.8. The summed E-state index contributed by atoms with van der Waals surface area (Å²) in [7, 11) is -5.42. The zero-order chi connectivity index (χ0) is 38.6. The van der Waals surface area contributed by atoms with E-state index in [0.717, 1.165) is 31.6 Å². The number of benzene rings is 4. The lowest BCUT2D eigenvalue weighted by Gasteiger charge is -2.32. The molecule has 0 saturated carbocycles. The van der Waals surface area contributed by atoms with Crippen LogP contribution in [0.3, 0.4) is 0 Å². The van der Waals surface area contributed by atoms with Gasteiger partial charge in [-0.3, -0.25) is 4.79 Å². The molecular weight excluding hydrogens is 737 g/mol. The van der Waals surface area contributed by atoms with Gasteiger partial charge in [-0.25, -0.2) is 51.8 Å². The van der Waals surface area contributed by atoms with Crippen molar-refractivity contribution in [3.05, 3.63) is 108 Å². The summed E-state index contributed by atoms with van der Waals surface area (Å²) in [6.07, 6.45) is 3.17. The summed E-state index contributed by atoms with van der Waals surface area (Å²) in [5.74, 6) is -0.339. The molecule has 0 radical (unpaired) electrons. The first-order valence-corrected chi connectivity index (χ1v) is 19.3. The number of hydrogen-bond donors (Lipinski definition) is 5. The Hall–Kier alpha value is -6.12. The van der Waals surface area contributed by atoms with Crippen molar-refractivity contribution in [1.29, 1.82) is 0 Å². The second kappa shape index (κ2) is 15.5. The number of carboxylic acids is 1. The van der Waals surface area contributed by atoms with Gasteiger partial charge < -0.3 is 25.5 Å². The number of nitrogens with one attached hydrogen (secondary N) is 2. The van der Waals surface area contributed by atoms with Crippen molar-refractivity contribution in [2.45, 2.75) is 9.79 Å². The Morgan fingerprint density at radius 3 is 1.50 bits per heavy atom. The molecule has 1 amide bonds. The minimum absolute atomic E-state index is 0.00804. The molecule has 3 heterocycles. The van der Waals surface area contributed by atoms with Gasteiger partial charge in [0.15, 0.2) is 0 Å². The third kappa shape index (κ3) is 9.26. The number of anilines is 4. The summed E-state index contributed by atoms with van der Waals surface area (Å²) in [6.45, 7) is 3.18. The number of piperazine rings is 1. The Bertz CT molecular complexity index is 2580. The lowest BCUT2D eigenvalue weighted by atomic mass is 10.1. The molecule has 0 unspecified atom stereocenters. The van der Waals surface area contributed by atoms with Crippen molar-refractivity contribution in [2.75, 3.05) is 43.9 Å². The molecule has 278 valence electrons. The second-order valence-electron chi connectivity index (χ2n) is 12.2. The van der Waals surface area contributed by atoms with E-state index in [4.69, 9.17) is 15.4 Å². The Labute approximate surface area is 309 Å². The van der Waals surface area contributed by atoms with Crippen LogP contribution in [0.4, 0.5) is 23.3 Å². The van der Waals surface area contributed by atoms with E-state index in [1.165, 1.54) is 42.6 Å². The van der Waals surface area contributed by atoms with Gasteiger partial charge in [-0.15, -0.1) is 0 Å². The fourth-order valence-electron chi connectivity index (χ4n) is 5.36. The predicted octanol–water partition coefficient (Wildman–Crippen LogP) is 3.13. The maximum Gasteiger partial charge on any atom is 0.335 e. The maximum absolute atomic E-state index is 12.8. The molecule has 0 spiro atoms. The molecule has 1 saturated heterocycles. The number of fused-ring (bicyclic) bond motifs is 2. The van der Waals surface area contributed by atoms with Gasteiger partial charge in [-0.05, 0) is 92.0 Å². The van der Waals surface area contributed by atoms with Gasteiger partial charge in [-0.2, -0.15) is 0 Å². The summed E-state index contributed by atoms with van der Waals surface area (Å²) in [4.78, 5) is 45.0. The van der Waals surface area contributed by atoms with E-state index in [-0.39, 0.29) is 21.3 Å². The van der Waals surface area contributed by atoms with Crippen LogP contribution in [0, 0.1) is 0 Å². The molecule has 1 aliphatic rings. The highest BCUT2D eigenvalue weighted by Gasteiger charge is 2.21. The van der Waals surface area contributed by atoms with Crippen LogP contribution in [0.15, 0.2) is 107 Å². The fourth-order valence-corrected chi connectivity index (χ4v) is 6.39. The Morgan fingerprint density at radius 1 is 0.648 bits per heavy atom. The molecule has 19 heteroatoms. The van der Waals surface area contributed by atoms with Crippen molar-refractivity contribution in [3.63, 3.8) is 0 Å². The van der Waals surface area contributed by atoms with Crippen molar-refractivity contribution in [1.82, 2.24) is 29.7 Å². The lowest BCUT2D eigenvalue weighted by molar-refractivity contribution is 0.0662. The quantitative estimate of drug-likeness (QED) is 0.149. The van der Waals surface area contributed by atoms with Gasteiger partial charge in [0.1, 0.15) is 0 Å². The Balaban J connectivity index is 0.000000189. The van der Waals surface area contributed by atoms with Crippen LogP contribution in [-0.4, -0.2) is 96.8 Å². The standard InChI is InChI=1S/C20H22N6O3S.C15H12N4O4S/c1-25-8-10-26(11-9-25)19(27)14-2-7-18-15(12-14)13-22-20(24-18)23-16-3-5-17(6-4-16)30(21,28)29;16-24(22,23)12-4-2-11(3-5-12)18-15-17-8-10-7-9(14(20)21)1-6-13(10)19-15/h2-7,12-13H,8-11H2,1H3,(H2,21,28,29)(H,22,23,24);1-8H,(H,20,21)(H2,16,22,23)(H,17,18,19). The fraction of sp³-hybridized carbons (Fsp3) is 0.143. The molecule has 0 atom stereocenters. The van der Waals surface area contributed by atoms with Crippen LogP contribution < -0.4 is 20.9 Å². The molecule has 0 bridgehead atoms. The van der Waals surface area contributed by atoms with E-state index in [1.807, 2.05) is 4.90 Å². The first-order valence-electron chi connectivity index (χ1n) is 16.2. The van der Waals surface area contributed by atoms with Gasteiger partial charge in [0.2, 0.25) is 31.9 Å². The Morgan fingerprint density at radius 2 is 1.07 bits per heavy atom. The molecule has 7 N–H and O–H groups in total.